The summed E-state index contributed by atoms with van der Waals surface area (Å²) in [7, 11) is 0. The Morgan fingerprint density at radius 2 is 1.95 bits per heavy atom. The fourth-order valence-electron chi connectivity index (χ4n) is 1.95. The van der Waals surface area contributed by atoms with Gasteiger partial charge >= 0.3 is 5.97 Å². The zero-order valence-electron chi connectivity index (χ0n) is 11.9. The normalized spacial score (nSPS) is 15.2. The van der Waals surface area contributed by atoms with E-state index in [4.69, 9.17) is 5.73 Å². The third kappa shape index (κ3) is 3.81. The Kier molecular flexibility index (Phi) is 5.70. The number of carboxylic acids is 1. The highest BCUT2D eigenvalue weighted by Crippen LogP contribution is 2.22. The molecule has 0 radical (unpaired) electrons. The lowest BCUT2D eigenvalue weighted by atomic mass is 9.91. The summed E-state index contributed by atoms with van der Waals surface area (Å²) in [5, 5.41) is 12.1. The number of amides is 1. The van der Waals surface area contributed by atoms with Gasteiger partial charge in [0.1, 0.15) is 0 Å². The van der Waals surface area contributed by atoms with Gasteiger partial charge < -0.3 is 16.2 Å². The molecule has 1 amide bonds. The molecule has 1 aromatic carbocycles. The minimum atomic E-state index is -1.42. The molecular formula is C15H22N2O3. The van der Waals surface area contributed by atoms with E-state index in [9.17, 15) is 14.7 Å². The van der Waals surface area contributed by atoms with E-state index in [0.717, 1.165) is 6.42 Å². The first kappa shape index (κ1) is 16.2. The molecular weight excluding hydrogens is 256 g/mol. The van der Waals surface area contributed by atoms with E-state index in [-0.39, 0.29) is 11.8 Å². The smallest absolute Gasteiger partial charge is 0.333 e. The standard InChI is InChI=1S/C15H22N2O3/c1-11(7-6-10-16)13(18)17-15(2,14(19)20)12-8-4-3-5-9-12/h3-5,8-9,11H,6-7,10,16H2,1-2H3,(H,17,18)(H,19,20). The van der Waals surface area contributed by atoms with Crippen molar-refractivity contribution in [1.82, 2.24) is 5.32 Å². The second-order valence-corrected chi connectivity index (χ2v) is 5.12. The maximum atomic E-state index is 12.1. The average molecular weight is 278 g/mol. The number of hydrogen-bond donors (Lipinski definition) is 3. The monoisotopic (exact) mass is 278 g/mol. The third-order valence-corrected chi connectivity index (χ3v) is 3.44. The van der Waals surface area contributed by atoms with Crippen molar-refractivity contribution in [3.63, 3.8) is 0 Å². The number of carbonyl (C=O) groups excluding carboxylic acids is 1. The van der Waals surface area contributed by atoms with Crippen LogP contribution in [0.4, 0.5) is 0 Å². The van der Waals surface area contributed by atoms with E-state index in [0.29, 0.717) is 18.5 Å². The van der Waals surface area contributed by atoms with Crippen molar-refractivity contribution in [2.75, 3.05) is 6.54 Å². The lowest BCUT2D eigenvalue weighted by Crippen LogP contribution is -2.51. The van der Waals surface area contributed by atoms with E-state index < -0.39 is 11.5 Å². The highest BCUT2D eigenvalue weighted by atomic mass is 16.4. The SMILES string of the molecule is CC(CCCN)C(=O)NC(C)(C(=O)O)c1ccccc1. The fourth-order valence-corrected chi connectivity index (χ4v) is 1.95. The van der Waals surface area contributed by atoms with Crippen LogP contribution in [0.2, 0.25) is 0 Å². The number of benzene rings is 1. The predicted molar refractivity (Wildman–Crippen MR) is 77.0 cm³/mol. The van der Waals surface area contributed by atoms with Crippen LogP contribution in [0.3, 0.4) is 0 Å². The minimum absolute atomic E-state index is 0.263. The second kappa shape index (κ2) is 7.05. The predicted octanol–water partition coefficient (Wildman–Crippen LogP) is 1.48. The second-order valence-electron chi connectivity index (χ2n) is 5.12. The molecule has 20 heavy (non-hydrogen) atoms. The van der Waals surface area contributed by atoms with Gasteiger partial charge in [-0.15, -0.1) is 0 Å². The maximum absolute atomic E-state index is 12.1. The lowest BCUT2D eigenvalue weighted by molar-refractivity contribution is -0.148. The van der Waals surface area contributed by atoms with Crippen LogP contribution in [0, 0.1) is 5.92 Å². The molecule has 1 rings (SSSR count). The van der Waals surface area contributed by atoms with E-state index in [1.165, 1.54) is 6.92 Å². The highest BCUT2D eigenvalue weighted by Gasteiger charge is 2.37. The van der Waals surface area contributed by atoms with E-state index >= 15 is 0 Å². The largest absolute Gasteiger partial charge is 0.479 e. The molecule has 1 aromatic rings. The van der Waals surface area contributed by atoms with Crippen LogP contribution < -0.4 is 11.1 Å². The topological polar surface area (TPSA) is 92.4 Å². The number of carbonyl (C=O) groups is 2. The van der Waals surface area contributed by atoms with Gasteiger partial charge in [-0.05, 0) is 31.9 Å². The van der Waals surface area contributed by atoms with Crippen molar-refractivity contribution in [2.45, 2.75) is 32.2 Å². The van der Waals surface area contributed by atoms with Gasteiger partial charge in [0.2, 0.25) is 5.91 Å². The van der Waals surface area contributed by atoms with Crippen LogP contribution in [0.15, 0.2) is 30.3 Å². The molecule has 5 nitrogen and oxygen atoms in total. The number of rotatable bonds is 7. The lowest BCUT2D eigenvalue weighted by Gasteiger charge is -2.28. The van der Waals surface area contributed by atoms with Crippen LogP contribution in [-0.4, -0.2) is 23.5 Å². The van der Waals surface area contributed by atoms with Crippen molar-refractivity contribution < 1.29 is 14.7 Å². The van der Waals surface area contributed by atoms with Crippen molar-refractivity contribution in [3.05, 3.63) is 35.9 Å². The van der Waals surface area contributed by atoms with Gasteiger partial charge in [-0.2, -0.15) is 0 Å². The molecule has 0 saturated heterocycles. The Bertz CT molecular complexity index is 461. The average Bonchev–Trinajstić information content (AvgIpc) is 2.45. The first-order chi connectivity index (χ1) is 9.41. The summed E-state index contributed by atoms with van der Waals surface area (Å²) in [5.41, 5.74) is 4.54. The Balaban J connectivity index is 2.88. The molecule has 0 bridgehead atoms. The third-order valence-electron chi connectivity index (χ3n) is 3.44. The summed E-state index contributed by atoms with van der Waals surface area (Å²) in [6.07, 6.45) is 1.39. The quantitative estimate of drug-likeness (QED) is 0.704. The summed E-state index contributed by atoms with van der Waals surface area (Å²) >= 11 is 0. The van der Waals surface area contributed by atoms with Crippen molar-refractivity contribution >= 4 is 11.9 Å². The Morgan fingerprint density at radius 1 is 1.35 bits per heavy atom. The molecule has 110 valence electrons. The van der Waals surface area contributed by atoms with Gasteiger partial charge in [0.15, 0.2) is 5.54 Å². The van der Waals surface area contributed by atoms with Crippen LogP contribution in [0.5, 0.6) is 0 Å². The summed E-state index contributed by atoms with van der Waals surface area (Å²) in [6.45, 7) is 3.79. The molecule has 5 heteroatoms. The molecule has 2 unspecified atom stereocenters. The van der Waals surface area contributed by atoms with Gasteiger partial charge in [-0.25, -0.2) is 4.79 Å². The fraction of sp³-hybridized carbons (Fsp3) is 0.467. The Hall–Kier alpha value is -1.88. The molecule has 4 N–H and O–H groups in total. The molecule has 2 atom stereocenters. The molecule has 0 saturated carbocycles. The van der Waals surface area contributed by atoms with Crippen LogP contribution in [-0.2, 0) is 15.1 Å². The van der Waals surface area contributed by atoms with E-state index in [1.807, 2.05) is 0 Å². The van der Waals surface area contributed by atoms with Crippen LogP contribution in [0.25, 0.3) is 0 Å². The van der Waals surface area contributed by atoms with Crippen molar-refractivity contribution in [1.29, 1.82) is 0 Å². The Labute approximate surface area is 119 Å². The zero-order chi connectivity index (χ0) is 15.2. The van der Waals surface area contributed by atoms with Crippen molar-refractivity contribution in [3.8, 4) is 0 Å². The first-order valence-corrected chi connectivity index (χ1v) is 6.73. The van der Waals surface area contributed by atoms with Crippen molar-refractivity contribution in [2.24, 2.45) is 11.7 Å². The van der Waals surface area contributed by atoms with E-state index in [2.05, 4.69) is 5.32 Å². The summed E-state index contributed by atoms with van der Waals surface area (Å²) in [6, 6.07) is 8.69. The van der Waals surface area contributed by atoms with Gasteiger partial charge in [-0.3, -0.25) is 4.79 Å². The molecule has 0 aliphatic carbocycles. The molecule has 0 spiro atoms. The first-order valence-electron chi connectivity index (χ1n) is 6.73. The van der Waals surface area contributed by atoms with Crippen LogP contribution >= 0.6 is 0 Å². The summed E-state index contributed by atoms with van der Waals surface area (Å²) in [4.78, 5) is 23.7. The maximum Gasteiger partial charge on any atom is 0.333 e. The minimum Gasteiger partial charge on any atom is -0.479 e. The van der Waals surface area contributed by atoms with Gasteiger partial charge in [0, 0.05) is 5.92 Å². The number of aliphatic carboxylic acids is 1. The van der Waals surface area contributed by atoms with Gasteiger partial charge in [0.25, 0.3) is 0 Å². The number of carboxylic acid groups (broad SMARTS) is 1. The number of hydrogen-bond acceptors (Lipinski definition) is 3. The molecule has 0 heterocycles. The summed E-state index contributed by atoms with van der Waals surface area (Å²) in [5.74, 6) is -1.61. The zero-order valence-corrected chi connectivity index (χ0v) is 11.9. The van der Waals surface area contributed by atoms with E-state index in [1.54, 1.807) is 37.3 Å². The summed E-state index contributed by atoms with van der Waals surface area (Å²) < 4.78 is 0. The number of nitrogens with two attached hydrogens (primary N) is 1. The molecule has 0 fully saturated rings. The van der Waals surface area contributed by atoms with Crippen LogP contribution in [0.1, 0.15) is 32.3 Å². The van der Waals surface area contributed by atoms with Gasteiger partial charge in [0.05, 0.1) is 0 Å². The molecule has 0 aliphatic heterocycles. The Morgan fingerprint density at radius 3 is 2.45 bits per heavy atom. The van der Waals surface area contributed by atoms with Gasteiger partial charge in [-0.1, -0.05) is 37.3 Å². The highest BCUT2D eigenvalue weighted by molar-refractivity contribution is 5.88. The molecule has 0 aliphatic rings. The number of nitrogens with one attached hydrogen (secondary N) is 1. The molecule has 0 aromatic heterocycles.